The van der Waals surface area contributed by atoms with E-state index in [0.29, 0.717) is 46.1 Å². The number of aromatic amines is 2. The van der Waals surface area contributed by atoms with Crippen LogP contribution < -0.4 is 29.7 Å². The fourth-order valence-electron chi connectivity index (χ4n) is 8.86. The standard InChI is InChI=1S/C30H35N5O4.C22H27N5O3.C2HF3O/c1-37-16-14-33(15-17-38-2)24-8-6-23(7-9-24)29-20-34(19-22-4-11-26(39-3)12-5-22)30(36)35(29)25-10-13-27-28(18-25)32-21-31-27;1-29-11-9-26(10-12-30-2)17-5-3-16(4-6-17)21-14-23-22(28)27(21)18-7-8-19-20(13-18)25-15-24-19;3-2(4,5)1-6/h4-13,18,21,29H,14-17,19-20H2,1-3H3,(H,31,32);3-8,13,15,21H,9-12,14H2,1-2H3,(H,23,28)(H,24,25);1H. The van der Waals surface area contributed by atoms with Crippen LogP contribution in [0.5, 0.6) is 5.75 Å². The summed E-state index contributed by atoms with van der Waals surface area (Å²) in [4.78, 5) is 60.1. The molecule has 3 N–H and O–H groups in total. The summed E-state index contributed by atoms with van der Waals surface area (Å²) in [5.41, 5.74) is 10.7. The zero-order chi connectivity index (χ0) is 53.3. The number of benzene rings is 5. The molecule has 9 rings (SSSR count). The molecule has 75 heavy (non-hydrogen) atoms. The predicted octanol–water partition coefficient (Wildman–Crippen LogP) is 8.53. The first-order valence-corrected chi connectivity index (χ1v) is 24.2. The number of hydrogen-bond donors (Lipinski definition) is 3. The normalized spacial score (nSPS) is 15.4. The third-order valence-electron chi connectivity index (χ3n) is 12.7. The maximum atomic E-state index is 13.9. The van der Waals surface area contributed by atoms with Gasteiger partial charge in [-0.15, -0.1) is 0 Å². The van der Waals surface area contributed by atoms with Gasteiger partial charge in [-0.1, -0.05) is 36.4 Å². The van der Waals surface area contributed by atoms with Crippen LogP contribution in [0.2, 0.25) is 0 Å². The molecule has 4 heterocycles. The Hall–Kier alpha value is -7.72. The molecule has 2 aromatic heterocycles. The van der Waals surface area contributed by atoms with Gasteiger partial charge in [0.2, 0.25) is 6.29 Å². The molecule has 398 valence electrons. The fourth-order valence-corrected chi connectivity index (χ4v) is 8.86. The lowest BCUT2D eigenvalue weighted by Gasteiger charge is -2.26. The van der Waals surface area contributed by atoms with Crippen molar-refractivity contribution in [3.63, 3.8) is 0 Å². The largest absolute Gasteiger partial charge is 0.497 e. The monoisotopic (exact) mass is 1040 g/mol. The molecule has 0 bridgehead atoms. The number of ether oxygens (including phenoxy) is 5. The van der Waals surface area contributed by atoms with E-state index in [-0.39, 0.29) is 24.1 Å². The van der Waals surface area contributed by atoms with E-state index in [2.05, 4.69) is 83.6 Å². The number of fused-ring (bicyclic) bond motifs is 2. The van der Waals surface area contributed by atoms with Gasteiger partial charge < -0.3 is 53.7 Å². The zero-order valence-corrected chi connectivity index (χ0v) is 42.6. The molecule has 2 atom stereocenters. The van der Waals surface area contributed by atoms with Crippen molar-refractivity contribution in [1.29, 1.82) is 0 Å². The number of alkyl halides is 3. The van der Waals surface area contributed by atoms with Crippen LogP contribution in [0.3, 0.4) is 0 Å². The van der Waals surface area contributed by atoms with Crippen molar-refractivity contribution in [3.8, 4) is 5.75 Å². The zero-order valence-electron chi connectivity index (χ0n) is 42.6. The average molecular weight is 1040 g/mol. The number of aldehydes is 1. The van der Waals surface area contributed by atoms with E-state index in [4.69, 9.17) is 28.5 Å². The highest BCUT2D eigenvalue weighted by atomic mass is 19.4. The Morgan fingerprint density at radius 1 is 0.627 bits per heavy atom. The lowest BCUT2D eigenvalue weighted by molar-refractivity contribution is -0.156. The highest BCUT2D eigenvalue weighted by Crippen LogP contribution is 2.38. The minimum absolute atomic E-state index is 0.0272. The SMILES string of the molecule is COCCN(CCOC)c1ccc(C2CN(Cc3ccc(OC)cc3)C(=O)N2c2ccc3nc[nH]c3c2)cc1.COCCN(CCOC)c1ccc(C2CNC(=O)N2c2ccc3nc[nH]c3c2)cc1.O=CC(F)(F)F. The van der Waals surface area contributed by atoms with E-state index in [0.717, 1.165) is 93.4 Å². The second kappa shape index (κ2) is 26.5. The van der Waals surface area contributed by atoms with E-state index in [9.17, 15) is 22.8 Å². The number of carbonyl (C=O) groups excluding carboxylic acids is 3. The van der Waals surface area contributed by atoms with Crippen molar-refractivity contribution < 1.29 is 51.2 Å². The van der Waals surface area contributed by atoms with Crippen LogP contribution in [0.25, 0.3) is 22.1 Å². The van der Waals surface area contributed by atoms with Crippen molar-refractivity contribution in [2.24, 2.45) is 0 Å². The topological polar surface area (TPSA) is 183 Å². The first-order valence-electron chi connectivity index (χ1n) is 24.2. The lowest BCUT2D eigenvalue weighted by atomic mass is 10.0. The Morgan fingerprint density at radius 3 is 1.52 bits per heavy atom. The van der Waals surface area contributed by atoms with Gasteiger partial charge in [0.05, 0.1) is 80.3 Å². The van der Waals surface area contributed by atoms with E-state index >= 15 is 0 Å². The summed E-state index contributed by atoms with van der Waals surface area (Å²) >= 11 is 0. The summed E-state index contributed by atoms with van der Waals surface area (Å²) in [6.07, 6.45) is -2.37. The summed E-state index contributed by atoms with van der Waals surface area (Å²) in [5, 5.41) is 2.97. The third-order valence-corrected chi connectivity index (χ3v) is 12.7. The minimum Gasteiger partial charge on any atom is -0.497 e. The Morgan fingerprint density at radius 2 is 1.08 bits per heavy atom. The highest BCUT2D eigenvalue weighted by Gasteiger charge is 2.39. The summed E-state index contributed by atoms with van der Waals surface area (Å²) in [6, 6.07) is 36.1. The average Bonchev–Trinajstić information content (AvgIpc) is 4.26. The first-order chi connectivity index (χ1) is 36.4. The molecular formula is C54H63F3N10O8. The van der Waals surface area contributed by atoms with Crippen LogP contribution >= 0.6 is 0 Å². The van der Waals surface area contributed by atoms with E-state index < -0.39 is 12.5 Å². The molecule has 0 aliphatic carbocycles. The molecule has 2 aliphatic heterocycles. The number of carbonyl (C=O) groups is 3. The molecule has 18 nitrogen and oxygen atoms in total. The van der Waals surface area contributed by atoms with Crippen LogP contribution in [0, 0.1) is 0 Å². The van der Waals surface area contributed by atoms with Gasteiger partial charge in [-0.25, -0.2) is 19.6 Å². The summed E-state index contributed by atoms with van der Waals surface area (Å²) in [7, 11) is 8.48. The number of imidazole rings is 2. The van der Waals surface area contributed by atoms with Crippen molar-refractivity contribution in [2.45, 2.75) is 24.8 Å². The number of nitrogens with zero attached hydrogens (tertiary/aromatic N) is 7. The van der Waals surface area contributed by atoms with E-state index in [1.165, 1.54) is 0 Å². The minimum atomic E-state index is -4.64. The lowest BCUT2D eigenvalue weighted by Crippen LogP contribution is -2.32. The van der Waals surface area contributed by atoms with Crippen LogP contribution in [-0.4, -0.2) is 151 Å². The predicted molar refractivity (Wildman–Crippen MR) is 282 cm³/mol. The van der Waals surface area contributed by atoms with Crippen molar-refractivity contribution in [2.75, 3.05) is 121 Å². The second-order valence-corrected chi connectivity index (χ2v) is 17.5. The first kappa shape index (κ1) is 55.0. The van der Waals surface area contributed by atoms with Crippen molar-refractivity contribution >= 4 is 63.2 Å². The van der Waals surface area contributed by atoms with Crippen LogP contribution in [-0.2, 0) is 30.3 Å². The summed E-state index contributed by atoms with van der Waals surface area (Å²) in [5.74, 6) is 0.795. The smallest absolute Gasteiger partial charge is 0.446 e. The maximum absolute atomic E-state index is 13.9. The van der Waals surface area contributed by atoms with Gasteiger partial charge in [0.25, 0.3) is 0 Å². The van der Waals surface area contributed by atoms with Crippen LogP contribution in [0.4, 0.5) is 45.5 Å². The molecule has 2 unspecified atom stereocenters. The van der Waals surface area contributed by atoms with Crippen molar-refractivity contribution in [1.82, 2.24) is 30.2 Å². The number of methoxy groups -OCH3 is 5. The fraction of sp³-hybridized carbons (Fsp3) is 0.352. The van der Waals surface area contributed by atoms with Crippen LogP contribution in [0.15, 0.2) is 122 Å². The Balaban J connectivity index is 0.000000203. The Bertz CT molecular complexity index is 2890. The van der Waals surface area contributed by atoms with E-state index in [1.54, 1.807) is 48.2 Å². The summed E-state index contributed by atoms with van der Waals surface area (Å²) < 4.78 is 57.6. The molecule has 2 fully saturated rings. The molecular weight excluding hydrogens is 974 g/mol. The number of hydrogen-bond acceptors (Lipinski definition) is 12. The molecule has 5 aromatic carbocycles. The number of amides is 4. The van der Waals surface area contributed by atoms with E-state index in [1.807, 2.05) is 75.4 Å². The number of H-pyrrole nitrogens is 2. The molecule has 2 aliphatic rings. The number of rotatable bonds is 21. The Labute approximate surface area is 433 Å². The maximum Gasteiger partial charge on any atom is 0.446 e. The molecule has 7 aromatic rings. The number of anilines is 4. The molecule has 21 heteroatoms. The van der Waals surface area contributed by atoms with Gasteiger partial charge in [0, 0.05) is 97.0 Å². The molecule has 2 saturated heterocycles. The number of aromatic nitrogens is 4. The quantitative estimate of drug-likeness (QED) is 0.0585. The van der Waals surface area contributed by atoms with Crippen LogP contribution in [0.1, 0.15) is 28.8 Å². The molecule has 0 radical (unpaired) electrons. The number of halogens is 3. The number of nitrogens with one attached hydrogen (secondary N) is 3. The van der Waals surface area contributed by atoms with Gasteiger partial charge in [-0.3, -0.25) is 14.6 Å². The third kappa shape index (κ3) is 14.3. The van der Waals surface area contributed by atoms with Gasteiger partial charge in [0.1, 0.15) is 5.75 Å². The summed E-state index contributed by atoms with van der Waals surface area (Å²) in [6.45, 7) is 7.34. The van der Waals surface area contributed by atoms with Gasteiger partial charge in [-0.2, -0.15) is 13.2 Å². The molecule has 0 spiro atoms. The second-order valence-electron chi connectivity index (χ2n) is 17.5. The molecule has 0 saturated carbocycles. The van der Waals surface area contributed by atoms with Gasteiger partial charge in [-0.05, 0) is 89.5 Å². The van der Waals surface area contributed by atoms with Gasteiger partial charge in [0.15, 0.2) is 0 Å². The highest BCUT2D eigenvalue weighted by molar-refractivity contribution is 5.98. The van der Waals surface area contributed by atoms with Crippen molar-refractivity contribution in [3.05, 3.63) is 139 Å². The molecule has 4 amide bonds. The Kier molecular flexibility index (Phi) is 19.4. The number of urea groups is 2. The van der Waals surface area contributed by atoms with Gasteiger partial charge >= 0.3 is 18.2 Å².